The normalized spacial score (nSPS) is 20.4. The second kappa shape index (κ2) is 10.9. The first kappa shape index (κ1) is 24.7. The minimum atomic E-state index is -1.18. The number of ether oxygens (including phenoxy) is 3. The van der Waals surface area contributed by atoms with Crippen molar-refractivity contribution in [3.05, 3.63) is 59.7 Å². The van der Waals surface area contributed by atoms with Gasteiger partial charge in [-0.15, -0.1) is 0 Å². The molecule has 1 heterocycles. The van der Waals surface area contributed by atoms with E-state index < -0.39 is 36.2 Å². The van der Waals surface area contributed by atoms with Gasteiger partial charge in [-0.2, -0.15) is 0 Å². The standard InChI is InChI=1S/C26H30N2O7/c1-15(33-2)23(25(30)31)28-24(29)22-12-11-16(35-22)13-27-26(32)34-14-21-19-9-5-3-7-17(19)18-8-4-6-10-20(18)21/h3-10,15-16,21-23H,11-14H2,1-2H3,(H,27,32)(H,28,29)(H,30,31)/t15-,16?,22?,23+/m1/s1. The third-order valence-electron chi connectivity index (χ3n) is 6.62. The maximum atomic E-state index is 12.4. The summed E-state index contributed by atoms with van der Waals surface area (Å²) < 4.78 is 16.3. The van der Waals surface area contributed by atoms with E-state index in [0.29, 0.717) is 12.8 Å². The molecule has 1 aliphatic carbocycles. The Hall–Kier alpha value is -3.43. The Bertz CT molecular complexity index is 1040. The quantitative estimate of drug-likeness (QED) is 0.502. The van der Waals surface area contributed by atoms with E-state index in [-0.39, 0.29) is 25.2 Å². The lowest BCUT2D eigenvalue weighted by molar-refractivity contribution is -0.147. The summed E-state index contributed by atoms with van der Waals surface area (Å²) in [6.45, 7) is 1.97. The molecule has 3 N–H and O–H groups in total. The number of hydrogen-bond acceptors (Lipinski definition) is 6. The van der Waals surface area contributed by atoms with Gasteiger partial charge in [0, 0.05) is 19.6 Å². The highest BCUT2D eigenvalue weighted by molar-refractivity contribution is 5.86. The maximum Gasteiger partial charge on any atom is 0.407 e. The molecule has 2 aliphatic rings. The monoisotopic (exact) mass is 482 g/mol. The molecule has 1 saturated heterocycles. The number of benzene rings is 2. The van der Waals surface area contributed by atoms with E-state index in [4.69, 9.17) is 14.2 Å². The number of nitrogens with one attached hydrogen (secondary N) is 2. The van der Waals surface area contributed by atoms with Gasteiger partial charge in [-0.3, -0.25) is 4.79 Å². The third-order valence-corrected chi connectivity index (χ3v) is 6.62. The third kappa shape index (κ3) is 5.47. The van der Waals surface area contributed by atoms with Crippen LogP contribution in [0.1, 0.15) is 36.8 Å². The van der Waals surface area contributed by atoms with Crippen LogP contribution < -0.4 is 10.6 Å². The number of alkyl carbamates (subject to hydrolysis) is 1. The second-order valence-corrected chi connectivity index (χ2v) is 8.80. The minimum absolute atomic E-state index is 0.0272. The number of amides is 2. The fourth-order valence-corrected chi connectivity index (χ4v) is 4.66. The van der Waals surface area contributed by atoms with Gasteiger partial charge >= 0.3 is 12.1 Å². The lowest BCUT2D eigenvalue weighted by Gasteiger charge is -2.22. The Morgan fingerprint density at radius 3 is 2.29 bits per heavy atom. The highest BCUT2D eigenvalue weighted by atomic mass is 16.6. The Morgan fingerprint density at radius 1 is 1.06 bits per heavy atom. The van der Waals surface area contributed by atoms with Crippen molar-refractivity contribution in [2.75, 3.05) is 20.3 Å². The van der Waals surface area contributed by atoms with Gasteiger partial charge in [0.25, 0.3) is 0 Å². The zero-order valence-corrected chi connectivity index (χ0v) is 19.7. The Kier molecular flexibility index (Phi) is 7.67. The molecular weight excluding hydrogens is 452 g/mol. The van der Waals surface area contributed by atoms with Crippen molar-refractivity contribution in [3.63, 3.8) is 0 Å². The fourth-order valence-electron chi connectivity index (χ4n) is 4.66. The van der Waals surface area contributed by atoms with E-state index in [1.807, 2.05) is 24.3 Å². The summed E-state index contributed by atoms with van der Waals surface area (Å²) in [5, 5.41) is 14.5. The molecule has 2 amide bonds. The zero-order chi connectivity index (χ0) is 24.9. The first-order valence-corrected chi connectivity index (χ1v) is 11.7. The number of carboxylic acid groups (broad SMARTS) is 1. The number of carbonyl (C=O) groups is 3. The smallest absolute Gasteiger partial charge is 0.407 e. The SMILES string of the molecule is CO[C@H](C)[C@H](NC(=O)C1CCC(CNC(=O)OCC2c3ccccc3-c3ccccc32)O1)C(=O)O. The molecule has 0 saturated carbocycles. The van der Waals surface area contributed by atoms with Gasteiger partial charge in [-0.05, 0) is 42.0 Å². The molecule has 2 unspecified atom stereocenters. The molecule has 186 valence electrons. The molecule has 0 radical (unpaired) electrons. The van der Waals surface area contributed by atoms with E-state index in [1.54, 1.807) is 6.92 Å². The maximum absolute atomic E-state index is 12.4. The summed E-state index contributed by atoms with van der Waals surface area (Å²) in [5.74, 6) is -1.72. The van der Waals surface area contributed by atoms with Crippen LogP contribution in [0, 0.1) is 0 Å². The van der Waals surface area contributed by atoms with Crippen molar-refractivity contribution in [1.82, 2.24) is 10.6 Å². The molecule has 0 spiro atoms. The minimum Gasteiger partial charge on any atom is -0.480 e. The summed E-state index contributed by atoms with van der Waals surface area (Å²) in [7, 11) is 1.38. The van der Waals surface area contributed by atoms with Gasteiger partial charge in [-0.1, -0.05) is 48.5 Å². The summed E-state index contributed by atoms with van der Waals surface area (Å²) in [5.41, 5.74) is 4.59. The molecule has 9 nitrogen and oxygen atoms in total. The van der Waals surface area contributed by atoms with E-state index in [9.17, 15) is 19.5 Å². The van der Waals surface area contributed by atoms with E-state index in [1.165, 1.54) is 7.11 Å². The molecule has 9 heteroatoms. The average molecular weight is 483 g/mol. The predicted octanol–water partition coefficient (Wildman–Crippen LogP) is 2.68. The Labute approximate surface area is 203 Å². The number of hydrogen-bond donors (Lipinski definition) is 3. The number of fused-ring (bicyclic) bond motifs is 3. The van der Waals surface area contributed by atoms with E-state index in [0.717, 1.165) is 22.3 Å². The first-order chi connectivity index (χ1) is 16.9. The Morgan fingerprint density at radius 2 is 1.69 bits per heavy atom. The van der Waals surface area contributed by atoms with Gasteiger partial charge in [-0.25, -0.2) is 9.59 Å². The first-order valence-electron chi connectivity index (χ1n) is 11.7. The lowest BCUT2D eigenvalue weighted by Crippen LogP contribution is -2.51. The van der Waals surface area contributed by atoms with E-state index in [2.05, 4.69) is 34.9 Å². The molecule has 0 bridgehead atoms. The van der Waals surface area contributed by atoms with Crippen molar-refractivity contribution in [3.8, 4) is 11.1 Å². The highest BCUT2D eigenvalue weighted by Crippen LogP contribution is 2.44. The van der Waals surface area contributed by atoms with Gasteiger partial charge < -0.3 is 30.0 Å². The Balaban J connectivity index is 1.24. The summed E-state index contributed by atoms with van der Waals surface area (Å²) in [4.78, 5) is 36.2. The van der Waals surface area contributed by atoms with Crippen LogP contribution in [0.4, 0.5) is 4.79 Å². The second-order valence-electron chi connectivity index (χ2n) is 8.80. The number of carbonyl (C=O) groups excluding carboxylic acids is 2. The molecule has 1 aliphatic heterocycles. The number of aliphatic carboxylic acids is 1. The summed E-state index contributed by atoms with van der Waals surface area (Å²) in [6, 6.07) is 15.1. The fraction of sp³-hybridized carbons (Fsp3) is 0.423. The van der Waals surface area contributed by atoms with Gasteiger partial charge in [0.05, 0.1) is 12.2 Å². The van der Waals surface area contributed by atoms with Crippen molar-refractivity contribution in [1.29, 1.82) is 0 Å². The van der Waals surface area contributed by atoms with Crippen LogP contribution in [-0.4, -0.2) is 67.7 Å². The van der Waals surface area contributed by atoms with Crippen molar-refractivity contribution >= 4 is 18.0 Å². The van der Waals surface area contributed by atoms with Crippen LogP contribution in [-0.2, 0) is 23.8 Å². The molecule has 4 rings (SSSR count). The largest absolute Gasteiger partial charge is 0.480 e. The number of methoxy groups -OCH3 is 1. The molecule has 0 aromatic heterocycles. The van der Waals surface area contributed by atoms with Crippen molar-refractivity contribution < 1.29 is 33.7 Å². The summed E-state index contributed by atoms with van der Waals surface area (Å²) in [6.07, 6.45) is -1.41. The van der Waals surface area contributed by atoms with Crippen LogP contribution in [0.5, 0.6) is 0 Å². The van der Waals surface area contributed by atoms with Gasteiger partial charge in [0.1, 0.15) is 12.7 Å². The molecule has 2 aromatic rings. The van der Waals surface area contributed by atoms with Crippen LogP contribution in [0.2, 0.25) is 0 Å². The molecule has 4 atom stereocenters. The van der Waals surface area contributed by atoms with Crippen LogP contribution in [0.25, 0.3) is 11.1 Å². The lowest BCUT2D eigenvalue weighted by atomic mass is 9.98. The van der Waals surface area contributed by atoms with Crippen LogP contribution >= 0.6 is 0 Å². The van der Waals surface area contributed by atoms with Crippen molar-refractivity contribution in [2.45, 2.75) is 50.0 Å². The van der Waals surface area contributed by atoms with Gasteiger partial charge in [0.15, 0.2) is 6.04 Å². The predicted molar refractivity (Wildman–Crippen MR) is 127 cm³/mol. The van der Waals surface area contributed by atoms with Crippen LogP contribution in [0.15, 0.2) is 48.5 Å². The molecule has 2 aromatic carbocycles. The van der Waals surface area contributed by atoms with Gasteiger partial charge in [0.2, 0.25) is 5.91 Å². The average Bonchev–Trinajstić information content (AvgIpc) is 3.47. The molecule has 35 heavy (non-hydrogen) atoms. The highest BCUT2D eigenvalue weighted by Gasteiger charge is 2.35. The van der Waals surface area contributed by atoms with Crippen LogP contribution in [0.3, 0.4) is 0 Å². The molecule has 1 fully saturated rings. The van der Waals surface area contributed by atoms with E-state index >= 15 is 0 Å². The number of carboxylic acids is 1. The topological polar surface area (TPSA) is 123 Å². The summed E-state index contributed by atoms with van der Waals surface area (Å²) >= 11 is 0. The molecular formula is C26H30N2O7. The number of rotatable bonds is 9. The zero-order valence-electron chi connectivity index (χ0n) is 19.7. The van der Waals surface area contributed by atoms with Crippen molar-refractivity contribution in [2.24, 2.45) is 0 Å².